The molecule has 1 aliphatic carbocycles. The van der Waals surface area contributed by atoms with Gasteiger partial charge in [-0.25, -0.2) is 0 Å². The van der Waals surface area contributed by atoms with Gasteiger partial charge in [0.05, 0.1) is 30.6 Å². The van der Waals surface area contributed by atoms with E-state index in [1.807, 2.05) is 6.20 Å². The fourth-order valence-electron chi connectivity index (χ4n) is 4.96. The highest BCUT2D eigenvalue weighted by atomic mass is 16.3. The predicted molar refractivity (Wildman–Crippen MR) is 121 cm³/mol. The number of carbonyl (C=O) groups excluding carboxylic acids is 1. The number of benzene rings is 1. The molecular formula is C24H34N4O2. The number of anilines is 1. The number of aliphatic hydroxyl groups is 1. The van der Waals surface area contributed by atoms with Crippen LogP contribution in [0.2, 0.25) is 0 Å². The first kappa shape index (κ1) is 21.1. The normalized spacial score (nSPS) is 23.7. The molecule has 1 amide bonds. The number of aliphatic hydroxyl groups excluding tert-OH is 1. The summed E-state index contributed by atoms with van der Waals surface area (Å²) in [6.45, 7) is 6.26. The number of carbonyl (C=O) groups is 1. The minimum absolute atomic E-state index is 0.0269. The van der Waals surface area contributed by atoms with E-state index in [1.165, 1.54) is 5.56 Å². The van der Waals surface area contributed by atoms with Crippen LogP contribution in [0.1, 0.15) is 44.6 Å². The van der Waals surface area contributed by atoms with Crippen LogP contribution in [0.25, 0.3) is 10.8 Å². The van der Waals surface area contributed by atoms with Gasteiger partial charge in [-0.05, 0) is 51.0 Å². The molecule has 0 radical (unpaired) electrons. The molecule has 2 aromatic rings. The zero-order valence-corrected chi connectivity index (χ0v) is 18.1. The van der Waals surface area contributed by atoms with Crippen molar-refractivity contribution in [3.05, 3.63) is 36.2 Å². The molecule has 0 bridgehead atoms. The number of amides is 1. The van der Waals surface area contributed by atoms with Crippen LogP contribution >= 0.6 is 0 Å². The molecule has 6 heteroatoms. The van der Waals surface area contributed by atoms with Gasteiger partial charge in [-0.3, -0.25) is 14.7 Å². The third-order valence-corrected chi connectivity index (χ3v) is 6.85. The summed E-state index contributed by atoms with van der Waals surface area (Å²) in [5.41, 5.74) is 2.08. The smallest absolute Gasteiger partial charge is 0.239 e. The van der Waals surface area contributed by atoms with E-state index in [0.717, 1.165) is 61.7 Å². The number of pyridine rings is 1. The summed E-state index contributed by atoms with van der Waals surface area (Å²) < 4.78 is 0. The first-order valence-corrected chi connectivity index (χ1v) is 11.3. The van der Waals surface area contributed by atoms with Gasteiger partial charge in [0.15, 0.2) is 0 Å². The highest BCUT2D eigenvalue weighted by Gasteiger charge is 2.36. The molecule has 1 atom stereocenters. The van der Waals surface area contributed by atoms with Crippen molar-refractivity contribution in [2.24, 2.45) is 5.92 Å². The number of nitrogens with one attached hydrogen (secondary N) is 2. The number of hydrogen-bond acceptors (Lipinski definition) is 5. The van der Waals surface area contributed by atoms with Crippen LogP contribution in [0.4, 0.5) is 5.69 Å². The fourth-order valence-corrected chi connectivity index (χ4v) is 4.96. The van der Waals surface area contributed by atoms with Crippen LogP contribution < -0.4 is 10.6 Å². The van der Waals surface area contributed by atoms with E-state index in [-0.39, 0.29) is 24.6 Å². The number of nitrogens with zero attached hydrogens (tertiary/aromatic N) is 2. The average Bonchev–Trinajstić information content (AvgIpc) is 2.74. The van der Waals surface area contributed by atoms with E-state index in [4.69, 9.17) is 0 Å². The number of likely N-dealkylation sites (tertiary alicyclic amines) is 1. The van der Waals surface area contributed by atoms with E-state index >= 15 is 0 Å². The number of fused-ring (bicyclic) bond motifs is 1. The summed E-state index contributed by atoms with van der Waals surface area (Å²) in [4.78, 5) is 19.2. The van der Waals surface area contributed by atoms with E-state index in [9.17, 15) is 9.90 Å². The first-order valence-electron chi connectivity index (χ1n) is 11.3. The number of hydrogen-bond donors (Lipinski definition) is 3. The molecule has 1 aliphatic heterocycles. The van der Waals surface area contributed by atoms with Gasteiger partial charge in [0.25, 0.3) is 0 Å². The lowest BCUT2D eigenvalue weighted by Gasteiger charge is -2.47. The summed E-state index contributed by atoms with van der Waals surface area (Å²) in [6, 6.07) is 7.10. The van der Waals surface area contributed by atoms with Gasteiger partial charge in [0.2, 0.25) is 5.91 Å². The second-order valence-corrected chi connectivity index (χ2v) is 9.03. The zero-order chi connectivity index (χ0) is 21.1. The number of rotatable bonds is 7. The van der Waals surface area contributed by atoms with Gasteiger partial charge >= 0.3 is 0 Å². The summed E-state index contributed by atoms with van der Waals surface area (Å²) in [5, 5.41) is 18.6. The quantitative estimate of drug-likeness (QED) is 0.654. The van der Waals surface area contributed by atoms with Crippen molar-refractivity contribution in [1.82, 2.24) is 15.2 Å². The lowest BCUT2D eigenvalue weighted by atomic mass is 9.80. The maximum absolute atomic E-state index is 12.4. The molecule has 30 heavy (non-hydrogen) atoms. The molecular weight excluding hydrogens is 376 g/mol. The Morgan fingerprint density at radius 1 is 1.23 bits per heavy atom. The molecule has 162 valence electrons. The Morgan fingerprint density at radius 3 is 2.73 bits per heavy atom. The third kappa shape index (κ3) is 4.76. The van der Waals surface area contributed by atoms with Crippen LogP contribution in [0.15, 0.2) is 30.6 Å². The molecule has 3 N–H and O–H groups in total. The van der Waals surface area contributed by atoms with Crippen LogP contribution in [-0.2, 0) is 4.79 Å². The highest BCUT2D eigenvalue weighted by molar-refractivity contribution is 5.94. The van der Waals surface area contributed by atoms with Crippen molar-refractivity contribution in [1.29, 1.82) is 0 Å². The molecule has 4 rings (SSSR count). The summed E-state index contributed by atoms with van der Waals surface area (Å²) in [7, 11) is 0. The van der Waals surface area contributed by atoms with E-state index < -0.39 is 0 Å². The lowest BCUT2D eigenvalue weighted by molar-refractivity contribution is -0.121. The van der Waals surface area contributed by atoms with Gasteiger partial charge in [0.1, 0.15) is 0 Å². The lowest BCUT2D eigenvalue weighted by Crippen LogP contribution is -2.63. The molecule has 2 heterocycles. The second kappa shape index (κ2) is 9.31. The minimum atomic E-state index is -0.136. The molecule has 1 aromatic heterocycles. The van der Waals surface area contributed by atoms with Gasteiger partial charge < -0.3 is 15.7 Å². The standard InChI is InChI=1S/C24H34N4O2/c1-3-23(29)17-6-8-20(9-7-17)28-14-19(15-28)27-24(30)13-26-22-12-25-11-18-5-4-16(2)10-21(18)22/h4-5,10-12,17,19-20,23,26,29H,3,6-9,13-15H2,1-2H3,(H,27,30). The second-order valence-electron chi connectivity index (χ2n) is 9.03. The number of aryl methyl sites for hydroxylation is 1. The largest absolute Gasteiger partial charge is 0.393 e. The van der Waals surface area contributed by atoms with Crippen molar-refractivity contribution >= 4 is 22.4 Å². The van der Waals surface area contributed by atoms with Crippen LogP contribution in [-0.4, -0.2) is 58.7 Å². The monoisotopic (exact) mass is 410 g/mol. The van der Waals surface area contributed by atoms with Crippen LogP contribution in [0.3, 0.4) is 0 Å². The Morgan fingerprint density at radius 2 is 2.00 bits per heavy atom. The summed E-state index contributed by atoms with van der Waals surface area (Å²) in [5.74, 6) is 0.500. The molecule has 1 saturated heterocycles. The molecule has 2 fully saturated rings. The Balaban J connectivity index is 1.20. The Bertz CT molecular complexity index is 873. The molecule has 0 spiro atoms. The van der Waals surface area contributed by atoms with Gasteiger partial charge in [-0.2, -0.15) is 0 Å². The summed E-state index contributed by atoms with van der Waals surface area (Å²) in [6.07, 6.45) is 8.92. The molecule has 1 aromatic carbocycles. The van der Waals surface area contributed by atoms with Crippen molar-refractivity contribution < 1.29 is 9.90 Å². The number of aromatic nitrogens is 1. The Labute approximate surface area is 179 Å². The topological polar surface area (TPSA) is 77.5 Å². The minimum Gasteiger partial charge on any atom is -0.393 e. The van der Waals surface area contributed by atoms with Gasteiger partial charge in [-0.1, -0.05) is 24.6 Å². The Hall–Kier alpha value is -2.18. The molecule has 2 aliphatic rings. The third-order valence-electron chi connectivity index (χ3n) is 6.85. The SMILES string of the molecule is CCC(O)C1CCC(N2CC(NC(=O)CNc3cncc4ccc(C)cc34)C2)CC1. The Kier molecular flexibility index (Phi) is 6.54. The fraction of sp³-hybridized carbons (Fsp3) is 0.583. The van der Waals surface area contributed by atoms with E-state index in [2.05, 4.69) is 52.6 Å². The van der Waals surface area contributed by atoms with Crippen molar-refractivity contribution in [2.45, 2.75) is 64.1 Å². The molecule has 1 saturated carbocycles. The zero-order valence-electron chi connectivity index (χ0n) is 18.1. The average molecular weight is 411 g/mol. The first-order chi connectivity index (χ1) is 14.5. The maximum atomic E-state index is 12.4. The van der Waals surface area contributed by atoms with E-state index in [0.29, 0.717) is 12.0 Å². The van der Waals surface area contributed by atoms with Crippen molar-refractivity contribution in [3.63, 3.8) is 0 Å². The van der Waals surface area contributed by atoms with E-state index in [1.54, 1.807) is 6.20 Å². The van der Waals surface area contributed by atoms with Crippen molar-refractivity contribution in [3.8, 4) is 0 Å². The van der Waals surface area contributed by atoms with Gasteiger partial charge in [-0.15, -0.1) is 0 Å². The maximum Gasteiger partial charge on any atom is 0.239 e. The summed E-state index contributed by atoms with van der Waals surface area (Å²) >= 11 is 0. The molecule has 6 nitrogen and oxygen atoms in total. The highest BCUT2D eigenvalue weighted by Crippen LogP contribution is 2.32. The van der Waals surface area contributed by atoms with Gasteiger partial charge in [0, 0.05) is 36.1 Å². The van der Waals surface area contributed by atoms with Crippen LogP contribution in [0, 0.1) is 12.8 Å². The van der Waals surface area contributed by atoms with Crippen molar-refractivity contribution in [2.75, 3.05) is 25.0 Å². The predicted octanol–water partition coefficient (Wildman–Crippen LogP) is 3.09. The molecule has 1 unspecified atom stereocenters. The van der Waals surface area contributed by atoms with Crippen LogP contribution in [0.5, 0.6) is 0 Å².